The minimum Gasteiger partial charge on any atom is -0.490 e. The highest BCUT2D eigenvalue weighted by Crippen LogP contribution is 2.24. The van der Waals surface area contributed by atoms with Gasteiger partial charge in [0.05, 0.1) is 12.2 Å². The average molecular weight is 305 g/mol. The fraction of sp³-hybridized carbons (Fsp3) is 0.611. The Morgan fingerprint density at radius 2 is 2.09 bits per heavy atom. The zero-order chi connectivity index (χ0) is 15.9. The highest BCUT2D eigenvalue weighted by Gasteiger charge is 2.17. The summed E-state index contributed by atoms with van der Waals surface area (Å²) >= 11 is 0. The van der Waals surface area contributed by atoms with E-state index in [9.17, 15) is 9.90 Å². The summed E-state index contributed by atoms with van der Waals surface area (Å²) in [5.41, 5.74) is 0.625. The molecular weight excluding hydrogens is 278 g/mol. The number of benzene rings is 1. The van der Waals surface area contributed by atoms with E-state index in [-0.39, 0.29) is 17.9 Å². The van der Waals surface area contributed by atoms with Crippen molar-refractivity contribution >= 4 is 5.91 Å². The highest BCUT2D eigenvalue weighted by molar-refractivity contribution is 5.94. The van der Waals surface area contributed by atoms with Gasteiger partial charge in [-0.15, -0.1) is 0 Å². The van der Waals surface area contributed by atoms with Crippen LogP contribution in [0.3, 0.4) is 0 Å². The number of carbonyl (C=O) groups is 1. The van der Waals surface area contributed by atoms with Crippen LogP contribution in [0.2, 0.25) is 0 Å². The van der Waals surface area contributed by atoms with Crippen LogP contribution in [0, 0.1) is 5.92 Å². The van der Waals surface area contributed by atoms with Crippen LogP contribution >= 0.6 is 0 Å². The largest absolute Gasteiger partial charge is 0.490 e. The summed E-state index contributed by atoms with van der Waals surface area (Å²) < 4.78 is 5.93. The zero-order valence-corrected chi connectivity index (χ0v) is 13.5. The Kier molecular flexibility index (Phi) is 6.25. The number of carbonyl (C=O) groups excluding carboxylic acids is 1. The number of ether oxygens (including phenoxy) is 1. The summed E-state index contributed by atoms with van der Waals surface area (Å²) in [6, 6.07) is 7.38. The lowest BCUT2D eigenvalue weighted by atomic mass is 10.0. The van der Waals surface area contributed by atoms with Gasteiger partial charge >= 0.3 is 0 Å². The molecular formula is C18H27NO3. The van der Waals surface area contributed by atoms with Crippen LogP contribution in [-0.2, 0) is 0 Å². The van der Waals surface area contributed by atoms with Crippen LogP contribution in [0.1, 0.15) is 56.3 Å². The van der Waals surface area contributed by atoms with E-state index in [0.717, 1.165) is 18.6 Å². The number of aliphatic hydroxyl groups is 1. The van der Waals surface area contributed by atoms with Crippen LogP contribution in [-0.4, -0.2) is 29.8 Å². The predicted octanol–water partition coefficient (Wildman–Crippen LogP) is 3.14. The Balaban J connectivity index is 1.86. The number of amides is 1. The molecule has 1 aromatic carbocycles. The molecule has 122 valence electrons. The number of rotatable bonds is 7. The number of hydrogen-bond donors (Lipinski definition) is 2. The monoisotopic (exact) mass is 305 g/mol. The van der Waals surface area contributed by atoms with Gasteiger partial charge in [0.2, 0.25) is 0 Å². The zero-order valence-electron chi connectivity index (χ0n) is 13.5. The Morgan fingerprint density at radius 3 is 2.77 bits per heavy atom. The standard InChI is InChI=1S/C18H27NO3/c1-13(10-14(2)20)12-19-18(21)15-6-5-9-17(11-15)22-16-7-3-4-8-16/h5-6,9,11,13-14,16,20H,3-4,7-8,10,12H2,1-2H3,(H,19,21). The first kappa shape index (κ1) is 16.8. The van der Waals surface area contributed by atoms with Crippen molar-refractivity contribution < 1.29 is 14.6 Å². The second-order valence-electron chi connectivity index (χ2n) is 6.45. The van der Waals surface area contributed by atoms with Crippen molar-refractivity contribution in [3.05, 3.63) is 29.8 Å². The van der Waals surface area contributed by atoms with Gasteiger partial charge in [-0.25, -0.2) is 0 Å². The van der Waals surface area contributed by atoms with Gasteiger partial charge in [0.1, 0.15) is 5.75 Å². The molecule has 0 radical (unpaired) electrons. The molecule has 0 spiro atoms. The number of hydrogen-bond acceptors (Lipinski definition) is 3. The first-order valence-electron chi connectivity index (χ1n) is 8.27. The third kappa shape index (κ3) is 5.34. The molecule has 2 N–H and O–H groups in total. The normalized spacial score (nSPS) is 18.0. The molecule has 1 aromatic rings. The van der Waals surface area contributed by atoms with E-state index in [1.807, 2.05) is 25.1 Å². The molecule has 0 bridgehead atoms. The first-order chi connectivity index (χ1) is 10.5. The second-order valence-corrected chi connectivity index (χ2v) is 6.45. The third-order valence-electron chi connectivity index (χ3n) is 4.06. The lowest BCUT2D eigenvalue weighted by Crippen LogP contribution is -2.29. The van der Waals surface area contributed by atoms with Crippen molar-refractivity contribution in [2.75, 3.05) is 6.54 Å². The van der Waals surface area contributed by atoms with Crippen molar-refractivity contribution in [3.63, 3.8) is 0 Å². The van der Waals surface area contributed by atoms with E-state index in [2.05, 4.69) is 5.32 Å². The van der Waals surface area contributed by atoms with E-state index in [1.54, 1.807) is 13.0 Å². The van der Waals surface area contributed by atoms with Crippen molar-refractivity contribution in [1.82, 2.24) is 5.32 Å². The smallest absolute Gasteiger partial charge is 0.251 e. The van der Waals surface area contributed by atoms with Gasteiger partial charge < -0.3 is 15.2 Å². The maximum atomic E-state index is 12.2. The quantitative estimate of drug-likeness (QED) is 0.813. The molecule has 4 heteroatoms. The van der Waals surface area contributed by atoms with Gasteiger partial charge in [-0.3, -0.25) is 4.79 Å². The summed E-state index contributed by atoms with van der Waals surface area (Å²) in [6.07, 6.45) is 5.31. The van der Waals surface area contributed by atoms with Crippen molar-refractivity contribution in [1.29, 1.82) is 0 Å². The molecule has 0 heterocycles. The van der Waals surface area contributed by atoms with E-state index in [1.165, 1.54) is 12.8 Å². The molecule has 22 heavy (non-hydrogen) atoms. The summed E-state index contributed by atoms with van der Waals surface area (Å²) in [5, 5.41) is 12.3. The Labute approximate surface area is 132 Å². The lowest BCUT2D eigenvalue weighted by Gasteiger charge is -2.15. The summed E-state index contributed by atoms with van der Waals surface area (Å²) in [6.45, 7) is 4.35. The van der Waals surface area contributed by atoms with Gasteiger partial charge in [-0.1, -0.05) is 13.0 Å². The maximum absolute atomic E-state index is 12.2. The molecule has 0 aliphatic heterocycles. The lowest BCUT2D eigenvalue weighted by molar-refractivity contribution is 0.0938. The molecule has 4 nitrogen and oxygen atoms in total. The summed E-state index contributed by atoms with van der Waals surface area (Å²) in [4.78, 5) is 12.2. The minimum absolute atomic E-state index is 0.0886. The van der Waals surface area contributed by atoms with E-state index in [0.29, 0.717) is 24.6 Å². The maximum Gasteiger partial charge on any atom is 0.251 e. The summed E-state index contributed by atoms with van der Waals surface area (Å²) in [5.74, 6) is 0.938. The molecule has 1 aliphatic rings. The molecule has 1 saturated carbocycles. The van der Waals surface area contributed by atoms with Crippen LogP contribution in [0.15, 0.2) is 24.3 Å². The molecule has 2 atom stereocenters. The fourth-order valence-corrected chi connectivity index (χ4v) is 2.94. The molecule has 2 rings (SSSR count). The van der Waals surface area contributed by atoms with Crippen LogP contribution < -0.4 is 10.1 Å². The van der Waals surface area contributed by atoms with Gasteiger partial charge in [0.15, 0.2) is 0 Å². The highest BCUT2D eigenvalue weighted by atomic mass is 16.5. The van der Waals surface area contributed by atoms with E-state index in [4.69, 9.17) is 4.74 Å². The van der Waals surface area contributed by atoms with Crippen molar-refractivity contribution in [2.24, 2.45) is 5.92 Å². The molecule has 1 fully saturated rings. The van der Waals surface area contributed by atoms with Gasteiger partial charge in [-0.2, -0.15) is 0 Å². The van der Waals surface area contributed by atoms with E-state index < -0.39 is 0 Å². The Hall–Kier alpha value is -1.55. The molecule has 2 unspecified atom stereocenters. The van der Waals surface area contributed by atoms with Gasteiger partial charge in [-0.05, 0) is 63.1 Å². The summed E-state index contributed by atoms with van der Waals surface area (Å²) in [7, 11) is 0. The molecule has 0 aromatic heterocycles. The van der Waals surface area contributed by atoms with E-state index >= 15 is 0 Å². The number of nitrogens with one attached hydrogen (secondary N) is 1. The fourth-order valence-electron chi connectivity index (χ4n) is 2.94. The Bertz CT molecular complexity index is 481. The second kappa shape index (κ2) is 8.18. The van der Waals surface area contributed by atoms with Gasteiger partial charge in [0.25, 0.3) is 5.91 Å². The van der Waals surface area contributed by atoms with Crippen LogP contribution in [0.4, 0.5) is 0 Å². The molecule has 1 aliphatic carbocycles. The Morgan fingerprint density at radius 1 is 1.36 bits per heavy atom. The van der Waals surface area contributed by atoms with Crippen molar-refractivity contribution in [2.45, 2.75) is 58.2 Å². The predicted molar refractivity (Wildman–Crippen MR) is 87.1 cm³/mol. The minimum atomic E-state index is -0.338. The SMILES string of the molecule is CC(O)CC(C)CNC(=O)c1cccc(OC2CCCC2)c1. The topological polar surface area (TPSA) is 58.6 Å². The van der Waals surface area contributed by atoms with Crippen molar-refractivity contribution in [3.8, 4) is 5.75 Å². The number of aliphatic hydroxyl groups excluding tert-OH is 1. The average Bonchev–Trinajstić information content (AvgIpc) is 2.97. The molecule has 1 amide bonds. The third-order valence-corrected chi connectivity index (χ3v) is 4.06. The van der Waals surface area contributed by atoms with Crippen LogP contribution in [0.25, 0.3) is 0 Å². The first-order valence-corrected chi connectivity index (χ1v) is 8.27. The van der Waals surface area contributed by atoms with Gasteiger partial charge in [0, 0.05) is 12.1 Å². The van der Waals surface area contributed by atoms with Crippen LogP contribution in [0.5, 0.6) is 5.75 Å². The molecule has 0 saturated heterocycles.